The van der Waals surface area contributed by atoms with Crippen LogP contribution in [-0.4, -0.2) is 31.7 Å². The van der Waals surface area contributed by atoms with Crippen molar-refractivity contribution in [2.24, 2.45) is 0 Å². The Kier molecular flexibility index (Phi) is 6.39. The van der Waals surface area contributed by atoms with Crippen LogP contribution in [0.5, 0.6) is 11.5 Å². The maximum Gasteiger partial charge on any atom is 0.217 e. The summed E-state index contributed by atoms with van der Waals surface area (Å²) >= 11 is 0. The molecule has 150 valence electrons. The number of nitrogens with one attached hydrogen (secondary N) is 1. The van der Waals surface area contributed by atoms with E-state index in [0.717, 1.165) is 24.3 Å². The van der Waals surface area contributed by atoms with Gasteiger partial charge in [-0.05, 0) is 43.7 Å². The largest absolute Gasteiger partial charge is 0.494 e. The molecule has 2 aromatic carbocycles. The van der Waals surface area contributed by atoms with Crippen LogP contribution >= 0.6 is 0 Å². The van der Waals surface area contributed by atoms with Crippen molar-refractivity contribution in [1.82, 2.24) is 5.32 Å². The summed E-state index contributed by atoms with van der Waals surface area (Å²) in [5.41, 5.74) is 1.60. The number of carbonyl (C=O) groups is 1. The van der Waals surface area contributed by atoms with Crippen molar-refractivity contribution in [2.75, 3.05) is 24.6 Å². The third kappa shape index (κ3) is 4.94. The molecule has 5 nitrogen and oxygen atoms in total. The summed E-state index contributed by atoms with van der Waals surface area (Å²) in [4.78, 5) is 13.2. The Balaban J connectivity index is 1.58. The van der Waals surface area contributed by atoms with Gasteiger partial charge in [0.2, 0.25) is 5.91 Å². The molecule has 2 aromatic rings. The number of amides is 1. The number of hydrogen-bond acceptors (Lipinski definition) is 4. The van der Waals surface area contributed by atoms with Crippen LogP contribution in [0.15, 0.2) is 42.5 Å². The molecule has 28 heavy (non-hydrogen) atoms. The third-order valence-electron chi connectivity index (χ3n) is 4.82. The van der Waals surface area contributed by atoms with Crippen molar-refractivity contribution in [3.63, 3.8) is 0 Å². The zero-order valence-electron chi connectivity index (χ0n) is 16.6. The quantitative estimate of drug-likeness (QED) is 0.779. The first-order valence-corrected chi connectivity index (χ1v) is 9.67. The molecule has 0 saturated carbocycles. The average Bonchev–Trinajstić information content (AvgIpc) is 3.10. The molecule has 1 fully saturated rings. The maximum atomic E-state index is 14.4. The molecule has 1 saturated heterocycles. The van der Waals surface area contributed by atoms with Gasteiger partial charge in [0.1, 0.15) is 23.4 Å². The molecule has 0 aliphatic carbocycles. The lowest BCUT2D eigenvalue weighted by Gasteiger charge is -2.20. The second-order valence-corrected chi connectivity index (χ2v) is 7.01. The highest BCUT2D eigenvalue weighted by atomic mass is 19.1. The Morgan fingerprint density at radius 1 is 1.25 bits per heavy atom. The first kappa shape index (κ1) is 20.0. The van der Waals surface area contributed by atoms with E-state index in [4.69, 9.17) is 9.47 Å². The number of benzene rings is 2. The van der Waals surface area contributed by atoms with Crippen molar-refractivity contribution in [3.05, 3.63) is 53.8 Å². The van der Waals surface area contributed by atoms with Gasteiger partial charge in [0.05, 0.1) is 24.9 Å². The molecule has 0 spiro atoms. The van der Waals surface area contributed by atoms with Crippen molar-refractivity contribution >= 4 is 11.6 Å². The molecular weight excluding hydrogens is 359 g/mol. The van der Waals surface area contributed by atoms with E-state index in [1.54, 1.807) is 12.1 Å². The fourth-order valence-corrected chi connectivity index (χ4v) is 3.46. The van der Waals surface area contributed by atoms with Crippen molar-refractivity contribution in [3.8, 4) is 11.5 Å². The topological polar surface area (TPSA) is 50.8 Å². The van der Waals surface area contributed by atoms with Gasteiger partial charge in [-0.2, -0.15) is 0 Å². The Bertz CT molecular complexity index is 810. The minimum Gasteiger partial charge on any atom is -0.494 e. The molecule has 0 radical (unpaired) electrons. The fraction of sp³-hybridized carbons (Fsp3) is 0.409. The van der Waals surface area contributed by atoms with Crippen LogP contribution in [0.25, 0.3) is 0 Å². The first-order chi connectivity index (χ1) is 13.5. The van der Waals surface area contributed by atoms with Gasteiger partial charge in [0.15, 0.2) is 0 Å². The number of carbonyl (C=O) groups excluding carboxylic acids is 1. The van der Waals surface area contributed by atoms with Crippen LogP contribution in [-0.2, 0) is 4.79 Å². The van der Waals surface area contributed by atoms with E-state index in [1.807, 2.05) is 43.0 Å². The molecule has 0 bridgehead atoms. The van der Waals surface area contributed by atoms with E-state index in [0.29, 0.717) is 24.6 Å². The van der Waals surface area contributed by atoms with Gasteiger partial charge in [-0.1, -0.05) is 12.1 Å². The smallest absolute Gasteiger partial charge is 0.217 e. The molecule has 0 aromatic heterocycles. The average molecular weight is 386 g/mol. The Morgan fingerprint density at radius 2 is 1.96 bits per heavy atom. The minimum absolute atomic E-state index is 0.00425. The van der Waals surface area contributed by atoms with Crippen LogP contribution in [0.4, 0.5) is 10.1 Å². The van der Waals surface area contributed by atoms with Gasteiger partial charge in [-0.25, -0.2) is 4.39 Å². The summed E-state index contributed by atoms with van der Waals surface area (Å²) in [7, 11) is 0. The molecule has 2 unspecified atom stereocenters. The Morgan fingerprint density at radius 3 is 2.61 bits per heavy atom. The highest BCUT2D eigenvalue weighted by Crippen LogP contribution is 2.29. The number of rotatable bonds is 7. The van der Waals surface area contributed by atoms with Crippen LogP contribution in [0.3, 0.4) is 0 Å². The van der Waals surface area contributed by atoms with E-state index >= 15 is 0 Å². The van der Waals surface area contributed by atoms with Gasteiger partial charge in [0.25, 0.3) is 0 Å². The second kappa shape index (κ2) is 8.95. The number of anilines is 1. The molecule has 6 heteroatoms. The summed E-state index contributed by atoms with van der Waals surface area (Å²) in [5.74, 6) is 0.991. The van der Waals surface area contributed by atoms with E-state index in [1.165, 1.54) is 13.0 Å². The Hall–Kier alpha value is -2.76. The number of halogens is 1. The summed E-state index contributed by atoms with van der Waals surface area (Å²) in [5, 5.41) is 2.86. The van der Waals surface area contributed by atoms with Gasteiger partial charge in [-0.3, -0.25) is 4.79 Å². The van der Waals surface area contributed by atoms with Crippen LogP contribution in [0.2, 0.25) is 0 Å². The second-order valence-electron chi connectivity index (χ2n) is 7.01. The van der Waals surface area contributed by atoms with Crippen LogP contribution in [0, 0.1) is 5.82 Å². The van der Waals surface area contributed by atoms with Crippen LogP contribution < -0.4 is 19.7 Å². The summed E-state index contributed by atoms with van der Waals surface area (Å²) in [6.45, 7) is 7.22. The third-order valence-corrected chi connectivity index (χ3v) is 4.82. The zero-order chi connectivity index (χ0) is 20.1. The fourth-order valence-electron chi connectivity index (χ4n) is 3.46. The summed E-state index contributed by atoms with van der Waals surface area (Å²) in [6.07, 6.45) is 0.834. The van der Waals surface area contributed by atoms with Gasteiger partial charge in [-0.15, -0.1) is 0 Å². The van der Waals surface area contributed by atoms with E-state index in [2.05, 4.69) is 5.32 Å². The predicted octanol–water partition coefficient (Wildman–Crippen LogP) is 4.08. The highest BCUT2D eigenvalue weighted by Gasteiger charge is 2.26. The van der Waals surface area contributed by atoms with Crippen molar-refractivity contribution in [1.29, 1.82) is 0 Å². The van der Waals surface area contributed by atoms with Gasteiger partial charge < -0.3 is 19.7 Å². The van der Waals surface area contributed by atoms with Crippen molar-refractivity contribution in [2.45, 2.75) is 39.3 Å². The van der Waals surface area contributed by atoms with Gasteiger partial charge in [0, 0.05) is 26.0 Å². The predicted molar refractivity (Wildman–Crippen MR) is 107 cm³/mol. The normalized spacial score (nSPS) is 17.3. The molecule has 1 aliphatic rings. The molecule has 1 amide bonds. The van der Waals surface area contributed by atoms with Crippen molar-refractivity contribution < 1.29 is 18.7 Å². The highest BCUT2D eigenvalue weighted by molar-refractivity contribution is 5.73. The lowest BCUT2D eigenvalue weighted by atomic mass is 10.1. The molecule has 1 aliphatic heterocycles. The SMILES string of the molecule is CCOc1ccc(N2CCC(Oc3ccc(C(C)NC(C)=O)cc3)C2)c(F)c1. The van der Waals surface area contributed by atoms with Gasteiger partial charge >= 0.3 is 0 Å². The molecule has 3 rings (SSSR count). The first-order valence-electron chi connectivity index (χ1n) is 9.67. The molecule has 2 atom stereocenters. The number of hydrogen-bond donors (Lipinski definition) is 1. The molecule has 1 N–H and O–H groups in total. The maximum absolute atomic E-state index is 14.4. The Labute approximate surface area is 165 Å². The van der Waals surface area contributed by atoms with E-state index in [-0.39, 0.29) is 23.9 Å². The summed E-state index contributed by atoms with van der Waals surface area (Å²) in [6, 6.07) is 12.7. The number of ether oxygens (including phenoxy) is 2. The number of nitrogens with zero attached hydrogens (tertiary/aromatic N) is 1. The molecule has 1 heterocycles. The monoisotopic (exact) mass is 386 g/mol. The molecular formula is C22H27FN2O3. The van der Waals surface area contributed by atoms with Crippen LogP contribution in [0.1, 0.15) is 38.8 Å². The lowest BCUT2D eigenvalue weighted by Crippen LogP contribution is -2.25. The standard InChI is InChI=1S/C22H27FN2O3/c1-4-27-19-9-10-22(21(23)13-19)25-12-11-20(14-25)28-18-7-5-17(6-8-18)15(2)24-16(3)26/h5-10,13,15,20H,4,11-12,14H2,1-3H3,(H,24,26). The lowest BCUT2D eigenvalue weighted by molar-refractivity contribution is -0.119. The summed E-state index contributed by atoms with van der Waals surface area (Å²) < 4.78 is 25.8. The van der Waals surface area contributed by atoms with E-state index < -0.39 is 0 Å². The zero-order valence-corrected chi connectivity index (χ0v) is 16.6. The minimum atomic E-state index is -0.275. The van der Waals surface area contributed by atoms with E-state index in [9.17, 15) is 9.18 Å².